The van der Waals surface area contributed by atoms with Gasteiger partial charge in [0.25, 0.3) is 0 Å². The Labute approximate surface area is 134 Å². The molecule has 1 aliphatic carbocycles. The van der Waals surface area contributed by atoms with Gasteiger partial charge < -0.3 is 9.88 Å². The summed E-state index contributed by atoms with van der Waals surface area (Å²) in [6, 6.07) is 7.83. The molecule has 6 heteroatoms. The zero-order chi connectivity index (χ0) is 15.5. The van der Waals surface area contributed by atoms with Crippen LogP contribution in [-0.4, -0.2) is 20.7 Å². The van der Waals surface area contributed by atoms with Crippen LogP contribution in [0, 0.1) is 11.8 Å². The molecule has 1 saturated carbocycles. The third-order valence-electron chi connectivity index (χ3n) is 3.95. The molecule has 1 aliphatic rings. The summed E-state index contributed by atoms with van der Waals surface area (Å²) in [5, 5.41) is 11.7. The first-order valence-corrected chi connectivity index (χ1v) is 8.35. The van der Waals surface area contributed by atoms with E-state index in [1.165, 1.54) is 12.8 Å². The molecule has 0 aliphatic heterocycles. The Hall–Kier alpha value is -1.82. The van der Waals surface area contributed by atoms with Gasteiger partial charge in [0, 0.05) is 24.1 Å². The second-order valence-electron chi connectivity index (χ2n) is 5.92. The van der Waals surface area contributed by atoms with Crippen molar-refractivity contribution < 1.29 is 4.79 Å². The maximum atomic E-state index is 12.0. The first kappa shape index (κ1) is 15.1. The van der Waals surface area contributed by atoms with E-state index in [1.54, 1.807) is 18.1 Å². The van der Waals surface area contributed by atoms with Crippen molar-refractivity contribution in [1.29, 1.82) is 0 Å². The molecule has 2 aromatic rings. The minimum atomic E-state index is 0.105. The molecule has 3 rings (SSSR count). The number of aromatic nitrogens is 3. The summed E-state index contributed by atoms with van der Waals surface area (Å²) >= 11 is 1.55. The number of rotatable bonds is 6. The molecule has 1 N–H and O–H groups in total. The molecule has 1 heterocycles. The minimum absolute atomic E-state index is 0.105. The maximum Gasteiger partial charge on any atom is 0.224 e. The number of amides is 1. The summed E-state index contributed by atoms with van der Waals surface area (Å²) in [6.07, 6.45) is 4.85. The number of benzene rings is 1. The summed E-state index contributed by atoms with van der Waals surface area (Å²) < 4.78 is 1.87. The highest BCUT2D eigenvalue weighted by atomic mass is 32.2. The summed E-state index contributed by atoms with van der Waals surface area (Å²) in [6.45, 7) is 2.16. The SMILES string of the molecule is CC(CC(=O)Nc1ccc(Sc2nncn2C)cc1)C1CC1. The number of carbonyl (C=O) groups is 1. The van der Waals surface area contributed by atoms with Crippen molar-refractivity contribution in [1.82, 2.24) is 14.8 Å². The fourth-order valence-corrected chi connectivity index (χ4v) is 3.18. The highest BCUT2D eigenvalue weighted by molar-refractivity contribution is 7.99. The molecule has 116 valence electrons. The van der Waals surface area contributed by atoms with Crippen LogP contribution in [-0.2, 0) is 11.8 Å². The lowest BCUT2D eigenvalue weighted by atomic mass is 10.0. The van der Waals surface area contributed by atoms with Crippen molar-refractivity contribution in [2.45, 2.75) is 36.2 Å². The van der Waals surface area contributed by atoms with E-state index >= 15 is 0 Å². The quantitative estimate of drug-likeness (QED) is 0.888. The molecule has 1 fully saturated rings. The molecule has 0 bridgehead atoms. The van der Waals surface area contributed by atoms with E-state index in [2.05, 4.69) is 22.4 Å². The standard InChI is InChI=1S/C16H20N4OS/c1-11(12-3-4-12)9-15(21)18-13-5-7-14(8-6-13)22-16-19-17-10-20(16)2/h5-8,10-12H,3-4,9H2,1-2H3,(H,18,21). The molecule has 22 heavy (non-hydrogen) atoms. The van der Waals surface area contributed by atoms with Crippen molar-refractivity contribution in [3.8, 4) is 0 Å². The molecule has 0 radical (unpaired) electrons. The zero-order valence-electron chi connectivity index (χ0n) is 12.8. The molecule has 1 aromatic heterocycles. The van der Waals surface area contributed by atoms with E-state index in [0.29, 0.717) is 12.3 Å². The molecule has 5 nitrogen and oxygen atoms in total. The predicted octanol–water partition coefficient (Wildman–Crippen LogP) is 3.34. The lowest BCUT2D eigenvalue weighted by Gasteiger charge is -2.10. The van der Waals surface area contributed by atoms with E-state index in [1.807, 2.05) is 35.9 Å². The van der Waals surface area contributed by atoms with E-state index in [4.69, 9.17) is 0 Å². The summed E-state index contributed by atoms with van der Waals surface area (Å²) in [5.41, 5.74) is 0.843. The van der Waals surface area contributed by atoms with Crippen LogP contribution in [0.4, 0.5) is 5.69 Å². The highest BCUT2D eigenvalue weighted by Crippen LogP contribution is 2.38. The highest BCUT2D eigenvalue weighted by Gasteiger charge is 2.29. The van der Waals surface area contributed by atoms with Gasteiger partial charge in [0.2, 0.25) is 5.91 Å². The van der Waals surface area contributed by atoms with Crippen molar-refractivity contribution in [3.05, 3.63) is 30.6 Å². The second kappa shape index (κ2) is 6.52. The van der Waals surface area contributed by atoms with Gasteiger partial charge in [0.15, 0.2) is 5.16 Å². The van der Waals surface area contributed by atoms with Crippen molar-refractivity contribution in [2.75, 3.05) is 5.32 Å². The first-order valence-electron chi connectivity index (χ1n) is 7.53. The molecule has 0 saturated heterocycles. The fourth-order valence-electron chi connectivity index (χ4n) is 2.41. The lowest BCUT2D eigenvalue weighted by Crippen LogP contribution is -2.15. The number of anilines is 1. The van der Waals surface area contributed by atoms with Crippen LogP contribution in [0.3, 0.4) is 0 Å². The van der Waals surface area contributed by atoms with Gasteiger partial charge >= 0.3 is 0 Å². The zero-order valence-corrected chi connectivity index (χ0v) is 13.6. The molecule has 1 unspecified atom stereocenters. The molecule has 1 amide bonds. The number of hydrogen-bond acceptors (Lipinski definition) is 4. The topological polar surface area (TPSA) is 59.8 Å². The Morgan fingerprint density at radius 1 is 1.41 bits per heavy atom. The van der Waals surface area contributed by atoms with Crippen LogP contribution in [0.2, 0.25) is 0 Å². The van der Waals surface area contributed by atoms with Crippen molar-refractivity contribution >= 4 is 23.4 Å². The predicted molar refractivity (Wildman–Crippen MR) is 86.7 cm³/mol. The maximum absolute atomic E-state index is 12.0. The van der Waals surface area contributed by atoms with Gasteiger partial charge in [-0.2, -0.15) is 0 Å². The Balaban J connectivity index is 1.54. The van der Waals surface area contributed by atoms with Crippen LogP contribution in [0.15, 0.2) is 40.6 Å². The summed E-state index contributed by atoms with van der Waals surface area (Å²) in [7, 11) is 1.91. The van der Waals surface area contributed by atoms with Gasteiger partial charge in [-0.3, -0.25) is 4.79 Å². The van der Waals surface area contributed by atoms with Gasteiger partial charge in [-0.15, -0.1) is 10.2 Å². The lowest BCUT2D eigenvalue weighted by molar-refractivity contribution is -0.117. The van der Waals surface area contributed by atoms with Crippen LogP contribution in [0.1, 0.15) is 26.2 Å². The smallest absolute Gasteiger partial charge is 0.224 e. The Kier molecular flexibility index (Phi) is 4.47. The van der Waals surface area contributed by atoms with E-state index in [-0.39, 0.29) is 5.91 Å². The molecule has 1 aromatic carbocycles. The normalized spacial score (nSPS) is 15.5. The minimum Gasteiger partial charge on any atom is -0.326 e. The third-order valence-corrected chi connectivity index (χ3v) is 5.01. The average molecular weight is 316 g/mol. The largest absolute Gasteiger partial charge is 0.326 e. The molecule has 1 atom stereocenters. The molecule has 0 spiro atoms. The number of hydrogen-bond donors (Lipinski definition) is 1. The van der Waals surface area contributed by atoms with Gasteiger partial charge in [0.1, 0.15) is 6.33 Å². The number of nitrogens with one attached hydrogen (secondary N) is 1. The Morgan fingerprint density at radius 3 is 2.73 bits per heavy atom. The van der Waals surface area contributed by atoms with E-state index < -0.39 is 0 Å². The molecular formula is C16H20N4OS. The average Bonchev–Trinajstić information content (AvgIpc) is 3.26. The molecular weight excluding hydrogens is 296 g/mol. The number of aryl methyl sites for hydroxylation is 1. The van der Waals surface area contributed by atoms with E-state index in [9.17, 15) is 4.79 Å². The van der Waals surface area contributed by atoms with Gasteiger partial charge in [0.05, 0.1) is 0 Å². The number of carbonyl (C=O) groups excluding carboxylic acids is 1. The Morgan fingerprint density at radius 2 is 2.14 bits per heavy atom. The van der Waals surface area contributed by atoms with Crippen molar-refractivity contribution in [3.63, 3.8) is 0 Å². The summed E-state index contributed by atoms with van der Waals surface area (Å²) in [4.78, 5) is 13.1. The monoisotopic (exact) mass is 316 g/mol. The second-order valence-corrected chi connectivity index (χ2v) is 6.96. The fraction of sp³-hybridized carbons (Fsp3) is 0.438. The van der Waals surface area contributed by atoms with Gasteiger partial charge in [-0.1, -0.05) is 6.92 Å². The van der Waals surface area contributed by atoms with Crippen LogP contribution < -0.4 is 5.32 Å². The van der Waals surface area contributed by atoms with Gasteiger partial charge in [-0.05, 0) is 60.7 Å². The summed E-state index contributed by atoms with van der Waals surface area (Å²) in [5.74, 6) is 1.36. The first-order chi connectivity index (χ1) is 10.6. The van der Waals surface area contributed by atoms with Crippen molar-refractivity contribution in [2.24, 2.45) is 18.9 Å². The van der Waals surface area contributed by atoms with Gasteiger partial charge in [-0.25, -0.2) is 0 Å². The Bertz CT molecular complexity index is 648. The van der Waals surface area contributed by atoms with Crippen LogP contribution in [0.5, 0.6) is 0 Å². The third kappa shape index (κ3) is 3.88. The van der Waals surface area contributed by atoms with Crippen LogP contribution >= 0.6 is 11.8 Å². The van der Waals surface area contributed by atoms with Crippen LogP contribution in [0.25, 0.3) is 0 Å². The van der Waals surface area contributed by atoms with E-state index in [0.717, 1.165) is 21.7 Å². The number of nitrogens with zero attached hydrogens (tertiary/aromatic N) is 3.